The van der Waals surface area contributed by atoms with Crippen LogP contribution in [0, 0.1) is 6.92 Å². The summed E-state index contributed by atoms with van der Waals surface area (Å²) in [4.78, 5) is 6.18. The van der Waals surface area contributed by atoms with Crippen molar-refractivity contribution >= 4 is 25.5 Å². The number of nitrogens with one attached hydrogen (secondary N) is 1. The van der Waals surface area contributed by atoms with E-state index in [0.29, 0.717) is 17.5 Å². The first kappa shape index (κ1) is 25.9. The fourth-order valence-corrected chi connectivity index (χ4v) is 6.67. The summed E-state index contributed by atoms with van der Waals surface area (Å²) in [6.07, 6.45) is 2.08. The van der Waals surface area contributed by atoms with Crippen LogP contribution in [0.4, 0.5) is 5.69 Å². The number of aryl methyl sites for hydroxylation is 1. The van der Waals surface area contributed by atoms with E-state index >= 15 is 0 Å². The van der Waals surface area contributed by atoms with Gasteiger partial charge in [-0.25, -0.2) is 21.6 Å². The van der Waals surface area contributed by atoms with Gasteiger partial charge >= 0.3 is 0 Å². The molecule has 182 valence electrons. The van der Waals surface area contributed by atoms with Crippen molar-refractivity contribution in [3.05, 3.63) is 77.6 Å². The van der Waals surface area contributed by atoms with Crippen molar-refractivity contribution < 1.29 is 16.8 Å². The molecule has 3 aromatic rings. The molecule has 0 saturated carbocycles. The molecule has 34 heavy (non-hydrogen) atoms. The van der Waals surface area contributed by atoms with E-state index in [1.165, 1.54) is 12.1 Å². The first-order valence-corrected chi connectivity index (χ1v) is 14.0. The topological polar surface area (TPSA) is 96.4 Å². The van der Waals surface area contributed by atoms with Gasteiger partial charge in [-0.05, 0) is 66.4 Å². The molecule has 9 heteroatoms. The van der Waals surface area contributed by atoms with Gasteiger partial charge in [0, 0.05) is 44.6 Å². The molecule has 1 heterocycles. The van der Waals surface area contributed by atoms with Crippen LogP contribution in [-0.4, -0.2) is 42.5 Å². The van der Waals surface area contributed by atoms with Crippen molar-refractivity contribution in [1.82, 2.24) is 9.71 Å². The summed E-state index contributed by atoms with van der Waals surface area (Å²) in [5.41, 5.74) is 2.80. The third-order valence-electron chi connectivity index (χ3n) is 5.57. The molecule has 1 N–H and O–H groups in total. The summed E-state index contributed by atoms with van der Waals surface area (Å²) >= 11 is 0. The summed E-state index contributed by atoms with van der Waals surface area (Å²) in [6.45, 7) is 5.64. The fraction of sp³-hybridized carbons (Fsp3) is 0.320. The van der Waals surface area contributed by atoms with E-state index in [9.17, 15) is 16.8 Å². The molecule has 3 rings (SSSR count). The quantitative estimate of drug-likeness (QED) is 0.477. The lowest BCUT2D eigenvalue weighted by atomic mass is 10.0. The normalized spacial score (nSPS) is 12.2. The molecule has 7 nitrogen and oxygen atoms in total. The maximum atomic E-state index is 13.5. The zero-order valence-electron chi connectivity index (χ0n) is 20.1. The minimum Gasteiger partial charge on any atom is -0.378 e. The maximum Gasteiger partial charge on any atom is 0.240 e. The Balaban J connectivity index is 1.98. The highest BCUT2D eigenvalue weighted by Gasteiger charge is 2.26. The molecule has 0 amide bonds. The van der Waals surface area contributed by atoms with Crippen LogP contribution in [0.5, 0.6) is 0 Å². The first-order valence-electron chi connectivity index (χ1n) is 11.0. The number of benzene rings is 2. The summed E-state index contributed by atoms with van der Waals surface area (Å²) in [5.74, 6) is -0.111. The Bertz CT molecular complexity index is 1370. The standard InChI is InChI=1S/C25H31N3O4S2/c1-18(2)23-11-10-22(33(29,30)24-12-9-21(28(4)5)16-19(24)3)17-25(23)34(31,32)27-15-13-20-8-6-7-14-26-20/h6-12,14,16-18,27H,13,15H2,1-5H3. The van der Waals surface area contributed by atoms with Gasteiger partial charge in [0.05, 0.1) is 14.7 Å². The number of rotatable bonds is 9. The molecule has 0 unspecified atom stereocenters. The molecule has 0 atom stereocenters. The molecule has 0 aliphatic rings. The van der Waals surface area contributed by atoms with Gasteiger partial charge in [0.2, 0.25) is 19.9 Å². The summed E-state index contributed by atoms with van der Waals surface area (Å²) in [7, 11) is -4.11. The highest BCUT2D eigenvalue weighted by molar-refractivity contribution is 7.91. The van der Waals surface area contributed by atoms with Gasteiger partial charge in [-0.1, -0.05) is 26.0 Å². The average Bonchev–Trinajstić information content (AvgIpc) is 2.79. The number of nitrogens with zero attached hydrogens (tertiary/aromatic N) is 2. The van der Waals surface area contributed by atoms with Crippen molar-refractivity contribution in [1.29, 1.82) is 0 Å². The third kappa shape index (κ3) is 5.65. The van der Waals surface area contributed by atoms with E-state index in [1.807, 2.05) is 45.0 Å². The minimum absolute atomic E-state index is 0.0211. The summed E-state index contributed by atoms with van der Waals surface area (Å²) in [6, 6.07) is 14.9. The fourth-order valence-electron chi connectivity index (χ4n) is 3.67. The molecule has 0 fully saturated rings. The van der Waals surface area contributed by atoms with Crippen LogP contribution in [0.25, 0.3) is 0 Å². The average molecular weight is 502 g/mol. The number of sulfonamides is 1. The smallest absolute Gasteiger partial charge is 0.240 e. The molecule has 0 spiro atoms. The molecule has 0 saturated heterocycles. The molecular formula is C25H31N3O4S2. The Morgan fingerprint density at radius 1 is 0.941 bits per heavy atom. The Kier molecular flexibility index (Phi) is 7.80. The van der Waals surface area contributed by atoms with Crippen LogP contribution >= 0.6 is 0 Å². The highest BCUT2D eigenvalue weighted by atomic mass is 32.2. The second-order valence-electron chi connectivity index (χ2n) is 8.67. The van der Waals surface area contributed by atoms with E-state index in [2.05, 4.69) is 9.71 Å². The SMILES string of the molecule is Cc1cc(N(C)C)ccc1S(=O)(=O)c1ccc(C(C)C)c(S(=O)(=O)NCCc2ccccn2)c1. The molecule has 2 aromatic carbocycles. The number of hydrogen-bond donors (Lipinski definition) is 1. The van der Waals surface area contributed by atoms with E-state index in [4.69, 9.17) is 0 Å². The number of pyridine rings is 1. The maximum absolute atomic E-state index is 13.5. The van der Waals surface area contributed by atoms with Crippen LogP contribution in [0.3, 0.4) is 0 Å². The predicted molar refractivity (Wildman–Crippen MR) is 135 cm³/mol. The van der Waals surface area contributed by atoms with Crippen LogP contribution in [0.2, 0.25) is 0 Å². The Labute approximate surface area is 202 Å². The van der Waals surface area contributed by atoms with E-state index in [1.54, 1.807) is 43.5 Å². The monoisotopic (exact) mass is 501 g/mol. The van der Waals surface area contributed by atoms with E-state index in [-0.39, 0.29) is 27.1 Å². The Hall–Kier alpha value is -2.75. The molecule has 0 aliphatic heterocycles. The molecule has 1 aromatic heterocycles. The number of anilines is 1. The number of aromatic nitrogens is 1. The van der Waals surface area contributed by atoms with Gasteiger partial charge in [-0.2, -0.15) is 0 Å². The van der Waals surface area contributed by atoms with Gasteiger partial charge in [0.15, 0.2) is 0 Å². The minimum atomic E-state index is -3.95. The second-order valence-corrected chi connectivity index (χ2v) is 12.3. The number of hydrogen-bond acceptors (Lipinski definition) is 6. The van der Waals surface area contributed by atoms with Crippen molar-refractivity contribution in [2.45, 2.75) is 47.8 Å². The van der Waals surface area contributed by atoms with Crippen molar-refractivity contribution in [2.75, 3.05) is 25.5 Å². The van der Waals surface area contributed by atoms with Gasteiger partial charge in [0.1, 0.15) is 0 Å². The van der Waals surface area contributed by atoms with Gasteiger partial charge in [0.25, 0.3) is 0 Å². The first-order chi connectivity index (χ1) is 15.9. The van der Waals surface area contributed by atoms with Crippen molar-refractivity contribution in [3.8, 4) is 0 Å². The lowest BCUT2D eigenvalue weighted by molar-refractivity contribution is 0.578. The lowest BCUT2D eigenvalue weighted by Gasteiger charge is -2.17. The predicted octanol–water partition coefficient (Wildman–Crippen LogP) is 3.93. The molecule has 0 bridgehead atoms. The van der Waals surface area contributed by atoms with Crippen molar-refractivity contribution in [3.63, 3.8) is 0 Å². The molecule has 0 radical (unpaired) electrons. The van der Waals surface area contributed by atoms with Crippen LogP contribution in [0.1, 0.15) is 36.6 Å². The van der Waals surface area contributed by atoms with Crippen LogP contribution < -0.4 is 9.62 Å². The van der Waals surface area contributed by atoms with Crippen LogP contribution in [0.15, 0.2) is 75.5 Å². The summed E-state index contributed by atoms with van der Waals surface area (Å²) < 4.78 is 56.0. The molecular weight excluding hydrogens is 470 g/mol. The van der Waals surface area contributed by atoms with Crippen LogP contribution in [-0.2, 0) is 26.3 Å². The largest absolute Gasteiger partial charge is 0.378 e. The number of sulfone groups is 1. The van der Waals surface area contributed by atoms with E-state index < -0.39 is 19.9 Å². The molecule has 0 aliphatic carbocycles. The van der Waals surface area contributed by atoms with Crippen molar-refractivity contribution in [2.24, 2.45) is 0 Å². The zero-order chi connectivity index (χ0) is 25.1. The zero-order valence-corrected chi connectivity index (χ0v) is 21.7. The second kappa shape index (κ2) is 10.2. The van der Waals surface area contributed by atoms with Gasteiger partial charge < -0.3 is 4.90 Å². The van der Waals surface area contributed by atoms with Gasteiger partial charge in [-0.3, -0.25) is 4.98 Å². The Morgan fingerprint density at radius 2 is 1.68 bits per heavy atom. The lowest BCUT2D eigenvalue weighted by Crippen LogP contribution is -2.27. The van der Waals surface area contributed by atoms with E-state index in [0.717, 1.165) is 11.4 Å². The van der Waals surface area contributed by atoms with Gasteiger partial charge in [-0.15, -0.1) is 0 Å². The Morgan fingerprint density at radius 3 is 2.26 bits per heavy atom. The highest BCUT2D eigenvalue weighted by Crippen LogP contribution is 2.31. The third-order valence-corrected chi connectivity index (χ3v) is 9.00. The summed E-state index contributed by atoms with van der Waals surface area (Å²) in [5, 5.41) is 0.